The summed E-state index contributed by atoms with van der Waals surface area (Å²) in [6.45, 7) is 4.16. The van der Waals surface area contributed by atoms with Gasteiger partial charge in [0.25, 0.3) is 0 Å². The van der Waals surface area contributed by atoms with Gasteiger partial charge in [0, 0.05) is 17.9 Å². The quantitative estimate of drug-likeness (QED) is 0.743. The minimum atomic E-state index is 0.289. The van der Waals surface area contributed by atoms with Crippen molar-refractivity contribution in [2.24, 2.45) is 21.9 Å². The van der Waals surface area contributed by atoms with Crippen molar-refractivity contribution in [3.05, 3.63) is 35.4 Å². The largest absolute Gasteiger partial charge is 0.385 e. The molecule has 1 aliphatic heterocycles. The SMILES string of the molecule is Cc1ccccc1C1=NN=C(N)C(C)C1. The lowest BCUT2D eigenvalue weighted by Crippen LogP contribution is -2.27. The maximum absolute atomic E-state index is 5.70. The third kappa shape index (κ3) is 1.91. The van der Waals surface area contributed by atoms with E-state index < -0.39 is 0 Å². The van der Waals surface area contributed by atoms with Gasteiger partial charge in [0.15, 0.2) is 0 Å². The molecule has 15 heavy (non-hydrogen) atoms. The maximum atomic E-state index is 5.70. The summed E-state index contributed by atoms with van der Waals surface area (Å²) >= 11 is 0. The molecule has 0 saturated carbocycles. The summed E-state index contributed by atoms with van der Waals surface area (Å²) in [6, 6.07) is 8.22. The molecular weight excluding hydrogens is 186 g/mol. The van der Waals surface area contributed by atoms with E-state index in [-0.39, 0.29) is 5.92 Å². The van der Waals surface area contributed by atoms with Crippen LogP contribution in [0.2, 0.25) is 0 Å². The van der Waals surface area contributed by atoms with Crippen LogP contribution in [0.4, 0.5) is 0 Å². The van der Waals surface area contributed by atoms with Crippen LogP contribution in [0.1, 0.15) is 24.5 Å². The van der Waals surface area contributed by atoms with E-state index in [1.807, 2.05) is 12.1 Å². The zero-order chi connectivity index (χ0) is 10.8. The van der Waals surface area contributed by atoms with Gasteiger partial charge in [-0.25, -0.2) is 0 Å². The van der Waals surface area contributed by atoms with Crippen molar-refractivity contribution in [1.29, 1.82) is 0 Å². The van der Waals surface area contributed by atoms with Crippen molar-refractivity contribution in [3.8, 4) is 0 Å². The Kier molecular flexibility index (Phi) is 2.54. The van der Waals surface area contributed by atoms with Crippen LogP contribution in [-0.2, 0) is 0 Å². The van der Waals surface area contributed by atoms with Crippen LogP contribution in [-0.4, -0.2) is 11.5 Å². The molecule has 1 unspecified atom stereocenters. The van der Waals surface area contributed by atoms with Gasteiger partial charge in [-0.3, -0.25) is 0 Å². The molecule has 3 nitrogen and oxygen atoms in total. The van der Waals surface area contributed by atoms with E-state index >= 15 is 0 Å². The third-order valence-corrected chi connectivity index (χ3v) is 2.75. The number of nitrogens with zero attached hydrogens (tertiary/aromatic N) is 2. The molecule has 1 aliphatic rings. The van der Waals surface area contributed by atoms with Crippen molar-refractivity contribution in [2.75, 3.05) is 0 Å². The lowest BCUT2D eigenvalue weighted by Gasteiger charge is -2.17. The number of rotatable bonds is 1. The van der Waals surface area contributed by atoms with Gasteiger partial charge in [-0.15, -0.1) is 5.10 Å². The predicted octanol–water partition coefficient (Wildman–Crippen LogP) is 2.10. The van der Waals surface area contributed by atoms with Crippen molar-refractivity contribution >= 4 is 11.5 Å². The molecule has 1 heterocycles. The minimum absolute atomic E-state index is 0.289. The second-order valence-electron chi connectivity index (χ2n) is 3.99. The molecule has 2 rings (SSSR count). The molecule has 3 heteroatoms. The van der Waals surface area contributed by atoms with Crippen LogP contribution >= 0.6 is 0 Å². The third-order valence-electron chi connectivity index (χ3n) is 2.75. The molecule has 1 aromatic carbocycles. The first-order chi connectivity index (χ1) is 7.18. The molecule has 0 aliphatic carbocycles. The summed E-state index contributed by atoms with van der Waals surface area (Å²) in [5.41, 5.74) is 9.15. The molecule has 0 fully saturated rings. The van der Waals surface area contributed by atoms with Gasteiger partial charge in [-0.2, -0.15) is 5.10 Å². The van der Waals surface area contributed by atoms with Crippen molar-refractivity contribution in [1.82, 2.24) is 0 Å². The fraction of sp³-hybridized carbons (Fsp3) is 0.333. The highest BCUT2D eigenvalue weighted by molar-refractivity contribution is 6.05. The van der Waals surface area contributed by atoms with Crippen LogP contribution in [0.25, 0.3) is 0 Å². The zero-order valence-corrected chi connectivity index (χ0v) is 9.07. The van der Waals surface area contributed by atoms with Gasteiger partial charge in [-0.05, 0) is 12.5 Å². The van der Waals surface area contributed by atoms with Gasteiger partial charge in [0.05, 0.1) is 5.71 Å². The zero-order valence-electron chi connectivity index (χ0n) is 9.07. The van der Waals surface area contributed by atoms with Crippen LogP contribution in [0.3, 0.4) is 0 Å². The number of hydrogen-bond donors (Lipinski definition) is 1. The molecule has 0 spiro atoms. The van der Waals surface area contributed by atoms with Gasteiger partial charge in [-0.1, -0.05) is 31.2 Å². The number of aryl methyl sites for hydroxylation is 1. The van der Waals surface area contributed by atoms with Crippen LogP contribution in [0.5, 0.6) is 0 Å². The van der Waals surface area contributed by atoms with E-state index in [0.29, 0.717) is 5.84 Å². The summed E-state index contributed by atoms with van der Waals surface area (Å²) in [6.07, 6.45) is 0.875. The summed E-state index contributed by atoms with van der Waals surface area (Å²) in [4.78, 5) is 0. The number of nitrogens with two attached hydrogens (primary N) is 1. The fourth-order valence-corrected chi connectivity index (χ4v) is 1.71. The molecule has 0 radical (unpaired) electrons. The Balaban J connectivity index is 2.38. The molecule has 0 amide bonds. The summed E-state index contributed by atoms with van der Waals surface area (Å²) in [7, 11) is 0. The summed E-state index contributed by atoms with van der Waals surface area (Å²) in [5, 5.41) is 8.16. The second kappa shape index (κ2) is 3.85. The standard InChI is InChI=1S/C12H15N3/c1-8-5-3-4-6-10(8)11-7-9(2)12(13)15-14-11/h3-6,9H,7H2,1-2H3,(H2,13,15). The van der Waals surface area contributed by atoms with Crippen molar-refractivity contribution in [3.63, 3.8) is 0 Å². The first-order valence-corrected chi connectivity index (χ1v) is 5.14. The second-order valence-corrected chi connectivity index (χ2v) is 3.99. The van der Waals surface area contributed by atoms with Crippen LogP contribution in [0, 0.1) is 12.8 Å². The first-order valence-electron chi connectivity index (χ1n) is 5.14. The molecule has 0 saturated heterocycles. The highest BCUT2D eigenvalue weighted by atomic mass is 15.2. The van der Waals surface area contributed by atoms with Gasteiger partial charge in [0.2, 0.25) is 0 Å². The molecule has 1 aromatic rings. The Morgan fingerprint density at radius 1 is 1.27 bits per heavy atom. The number of amidine groups is 1. The van der Waals surface area contributed by atoms with Gasteiger partial charge < -0.3 is 5.73 Å². The Labute approximate surface area is 89.7 Å². The van der Waals surface area contributed by atoms with E-state index in [1.54, 1.807) is 0 Å². The van der Waals surface area contributed by atoms with E-state index in [2.05, 4.69) is 36.2 Å². The molecule has 2 N–H and O–H groups in total. The topological polar surface area (TPSA) is 50.7 Å². The Morgan fingerprint density at radius 3 is 2.67 bits per heavy atom. The predicted molar refractivity (Wildman–Crippen MR) is 63.1 cm³/mol. The summed E-state index contributed by atoms with van der Waals surface area (Å²) < 4.78 is 0. The van der Waals surface area contributed by atoms with E-state index in [0.717, 1.165) is 12.1 Å². The number of hydrogen-bond acceptors (Lipinski definition) is 3. The molecule has 0 aromatic heterocycles. The lowest BCUT2D eigenvalue weighted by atomic mass is 9.95. The van der Waals surface area contributed by atoms with Gasteiger partial charge in [0.1, 0.15) is 5.84 Å². The number of benzene rings is 1. The van der Waals surface area contributed by atoms with E-state index in [9.17, 15) is 0 Å². The Morgan fingerprint density at radius 2 is 2.00 bits per heavy atom. The van der Waals surface area contributed by atoms with Crippen LogP contribution in [0.15, 0.2) is 34.5 Å². The minimum Gasteiger partial charge on any atom is -0.385 e. The summed E-state index contributed by atoms with van der Waals surface area (Å²) in [5.74, 6) is 0.921. The lowest BCUT2D eigenvalue weighted by molar-refractivity contribution is 0.779. The van der Waals surface area contributed by atoms with Crippen molar-refractivity contribution in [2.45, 2.75) is 20.3 Å². The average Bonchev–Trinajstić information content (AvgIpc) is 2.23. The Bertz CT molecular complexity index is 432. The van der Waals surface area contributed by atoms with E-state index in [1.165, 1.54) is 11.1 Å². The molecule has 1 atom stereocenters. The molecule has 0 bridgehead atoms. The Hall–Kier alpha value is -1.64. The highest BCUT2D eigenvalue weighted by Crippen LogP contribution is 2.18. The fourth-order valence-electron chi connectivity index (χ4n) is 1.71. The highest BCUT2D eigenvalue weighted by Gasteiger charge is 2.17. The normalized spacial score (nSPS) is 20.8. The first kappa shape index (κ1) is 9.90. The molecule has 78 valence electrons. The average molecular weight is 201 g/mol. The monoisotopic (exact) mass is 201 g/mol. The molecular formula is C12H15N3. The van der Waals surface area contributed by atoms with Gasteiger partial charge >= 0.3 is 0 Å². The van der Waals surface area contributed by atoms with E-state index in [4.69, 9.17) is 5.73 Å². The smallest absolute Gasteiger partial charge is 0.125 e. The maximum Gasteiger partial charge on any atom is 0.125 e. The van der Waals surface area contributed by atoms with Crippen LogP contribution < -0.4 is 5.73 Å². The van der Waals surface area contributed by atoms with Crippen molar-refractivity contribution < 1.29 is 0 Å².